The number of nitrogens with zero attached hydrogens (tertiary/aromatic N) is 1. The first kappa shape index (κ1) is 19.3. The van der Waals surface area contributed by atoms with Crippen molar-refractivity contribution in [3.63, 3.8) is 0 Å². The Labute approximate surface area is 163 Å². The minimum Gasteiger partial charge on any atom is -0.316 e. The van der Waals surface area contributed by atoms with Crippen molar-refractivity contribution in [2.45, 2.75) is 19.4 Å². The molecule has 0 radical (unpaired) electrons. The van der Waals surface area contributed by atoms with Gasteiger partial charge in [-0.05, 0) is 29.8 Å². The van der Waals surface area contributed by atoms with Gasteiger partial charge in [-0.25, -0.2) is 0 Å². The summed E-state index contributed by atoms with van der Waals surface area (Å²) in [4.78, 5) is 2.59. The SMILES string of the molecule is CCNCCN(CC)C(c1ccccc1)(c1ccccc1)c1ccccc1. The second kappa shape index (κ2) is 9.50. The molecule has 27 heavy (non-hydrogen) atoms. The van der Waals surface area contributed by atoms with Crippen molar-refractivity contribution in [1.29, 1.82) is 0 Å². The first-order valence-corrected chi connectivity index (χ1v) is 9.96. The molecular weight excluding hydrogens is 328 g/mol. The molecule has 0 atom stereocenters. The predicted molar refractivity (Wildman–Crippen MR) is 115 cm³/mol. The normalized spacial score (nSPS) is 11.7. The topological polar surface area (TPSA) is 15.3 Å². The zero-order valence-electron chi connectivity index (χ0n) is 16.4. The monoisotopic (exact) mass is 358 g/mol. The van der Waals surface area contributed by atoms with E-state index in [1.807, 2.05) is 0 Å². The van der Waals surface area contributed by atoms with E-state index in [2.05, 4.69) is 115 Å². The van der Waals surface area contributed by atoms with Gasteiger partial charge in [0.15, 0.2) is 0 Å². The molecule has 0 spiro atoms. The lowest BCUT2D eigenvalue weighted by molar-refractivity contribution is 0.166. The molecule has 140 valence electrons. The summed E-state index contributed by atoms with van der Waals surface area (Å²) in [7, 11) is 0. The van der Waals surface area contributed by atoms with Crippen LogP contribution in [0.1, 0.15) is 30.5 Å². The Kier molecular flexibility index (Phi) is 6.80. The highest BCUT2D eigenvalue weighted by Crippen LogP contribution is 2.42. The molecule has 3 aromatic rings. The molecule has 0 aliphatic rings. The van der Waals surface area contributed by atoms with Gasteiger partial charge < -0.3 is 5.32 Å². The first-order valence-electron chi connectivity index (χ1n) is 9.96. The van der Waals surface area contributed by atoms with Gasteiger partial charge in [-0.3, -0.25) is 4.90 Å². The number of benzene rings is 3. The van der Waals surface area contributed by atoms with Crippen LogP contribution in [-0.4, -0.2) is 31.1 Å². The standard InChI is InChI=1S/C25H30N2/c1-3-26-20-21-27(4-2)25(22-14-8-5-9-15-22,23-16-10-6-11-17-23)24-18-12-7-13-19-24/h5-19,26H,3-4,20-21H2,1-2H3. The maximum absolute atomic E-state index is 3.50. The van der Waals surface area contributed by atoms with Gasteiger partial charge in [0.1, 0.15) is 0 Å². The summed E-state index contributed by atoms with van der Waals surface area (Å²) in [5.41, 5.74) is 3.61. The molecule has 1 N–H and O–H groups in total. The maximum Gasteiger partial charge on any atom is 0.0973 e. The van der Waals surface area contributed by atoms with Crippen LogP contribution < -0.4 is 5.32 Å². The third kappa shape index (κ3) is 3.97. The summed E-state index contributed by atoms with van der Waals surface area (Å²) in [6.45, 7) is 8.32. The minimum absolute atomic E-state index is 0.312. The lowest BCUT2D eigenvalue weighted by Crippen LogP contribution is -2.50. The van der Waals surface area contributed by atoms with Crippen molar-refractivity contribution in [2.24, 2.45) is 0 Å². The van der Waals surface area contributed by atoms with E-state index in [9.17, 15) is 0 Å². The molecule has 0 saturated heterocycles. The lowest BCUT2D eigenvalue weighted by atomic mass is 9.75. The van der Waals surface area contributed by atoms with Gasteiger partial charge in [0.05, 0.1) is 5.54 Å². The summed E-state index contributed by atoms with van der Waals surface area (Å²) in [5.74, 6) is 0. The van der Waals surface area contributed by atoms with E-state index in [1.165, 1.54) is 16.7 Å². The highest BCUT2D eigenvalue weighted by atomic mass is 15.2. The molecule has 0 saturated carbocycles. The van der Waals surface area contributed by atoms with Crippen LogP contribution in [0.2, 0.25) is 0 Å². The van der Waals surface area contributed by atoms with Crippen molar-refractivity contribution in [2.75, 3.05) is 26.2 Å². The van der Waals surface area contributed by atoms with E-state index in [4.69, 9.17) is 0 Å². The Morgan fingerprint density at radius 1 is 0.667 bits per heavy atom. The van der Waals surface area contributed by atoms with E-state index < -0.39 is 0 Å². The second-order valence-electron chi connectivity index (χ2n) is 6.74. The number of likely N-dealkylation sites (N-methyl/N-ethyl adjacent to an activating group) is 2. The fourth-order valence-corrected chi connectivity index (χ4v) is 4.04. The zero-order valence-corrected chi connectivity index (χ0v) is 16.4. The smallest absolute Gasteiger partial charge is 0.0973 e. The summed E-state index contributed by atoms with van der Waals surface area (Å²) < 4.78 is 0. The Morgan fingerprint density at radius 3 is 1.41 bits per heavy atom. The van der Waals surface area contributed by atoms with Crippen LogP contribution in [0.3, 0.4) is 0 Å². The van der Waals surface area contributed by atoms with Gasteiger partial charge in [-0.2, -0.15) is 0 Å². The van der Waals surface area contributed by atoms with E-state index >= 15 is 0 Å². The number of nitrogens with one attached hydrogen (secondary N) is 1. The predicted octanol–water partition coefficient (Wildman–Crippen LogP) is 4.91. The van der Waals surface area contributed by atoms with Gasteiger partial charge in [0, 0.05) is 13.1 Å². The van der Waals surface area contributed by atoms with Gasteiger partial charge in [0.2, 0.25) is 0 Å². The average Bonchev–Trinajstić information content (AvgIpc) is 2.75. The lowest BCUT2D eigenvalue weighted by Gasteiger charge is -2.45. The van der Waals surface area contributed by atoms with Crippen LogP contribution in [0.4, 0.5) is 0 Å². The average molecular weight is 359 g/mol. The molecular formula is C25H30N2. The highest BCUT2D eigenvalue weighted by molar-refractivity contribution is 5.49. The Hall–Kier alpha value is -2.42. The van der Waals surface area contributed by atoms with Gasteiger partial charge in [0.25, 0.3) is 0 Å². The van der Waals surface area contributed by atoms with Crippen molar-refractivity contribution in [1.82, 2.24) is 10.2 Å². The third-order valence-corrected chi connectivity index (χ3v) is 5.24. The summed E-state index contributed by atoms with van der Waals surface area (Å²) >= 11 is 0. The third-order valence-electron chi connectivity index (χ3n) is 5.24. The molecule has 2 heteroatoms. The molecule has 0 fully saturated rings. The fourth-order valence-electron chi connectivity index (χ4n) is 4.04. The fraction of sp³-hybridized carbons (Fsp3) is 0.280. The second-order valence-corrected chi connectivity index (χ2v) is 6.74. The van der Waals surface area contributed by atoms with Crippen LogP contribution in [-0.2, 0) is 5.54 Å². The van der Waals surface area contributed by atoms with E-state index in [0.29, 0.717) is 0 Å². The number of hydrogen-bond acceptors (Lipinski definition) is 2. The molecule has 0 bridgehead atoms. The number of hydrogen-bond donors (Lipinski definition) is 1. The van der Waals surface area contributed by atoms with Crippen LogP contribution >= 0.6 is 0 Å². The zero-order chi connectivity index (χ0) is 19.0. The largest absolute Gasteiger partial charge is 0.316 e. The van der Waals surface area contributed by atoms with Crippen LogP contribution in [0.25, 0.3) is 0 Å². The summed E-state index contributed by atoms with van der Waals surface area (Å²) in [6.07, 6.45) is 0. The van der Waals surface area contributed by atoms with Gasteiger partial charge in [-0.1, -0.05) is 105 Å². The van der Waals surface area contributed by atoms with E-state index in [0.717, 1.165) is 26.2 Å². The van der Waals surface area contributed by atoms with Gasteiger partial charge in [-0.15, -0.1) is 0 Å². The van der Waals surface area contributed by atoms with Crippen molar-refractivity contribution in [3.05, 3.63) is 108 Å². The summed E-state index contributed by atoms with van der Waals surface area (Å²) in [5, 5.41) is 3.50. The Balaban J connectivity index is 2.25. The highest BCUT2D eigenvalue weighted by Gasteiger charge is 2.40. The van der Waals surface area contributed by atoms with Crippen molar-refractivity contribution >= 4 is 0 Å². The minimum atomic E-state index is -0.312. The molecule has 0 aliphatic heterocycles. The van der Waals surface area contributed by atoms with Crippen LogP contribution in [0.5, 0.6) is 0 Å². The van der Waals surface area contributed by atoms with Gasteiger partial charge >= 0.3 is 0 Å². The molecule has 0 aromatic heterocycles. The quantitative estimate of drug-likeness (QED) is 0.432. The first-order chi connectivity index (χ1) is 13.3. The maximum atomic E-state index is 3.50. The molecule has 2 nitrogen and oxygen atoms in total. The molecule has 3 rings (SSSR count). The summed E-state index contributed by atoms with van der Waals surface area (Å²) in [6, 6.07) is 32.7. The molecule has 0 unspecified atom stereocenters. The molecule has 0 heterocycles. The molecule has 3 aromatic carbocycles. The molecule has 0 amide bonds. The van der Waals surface area contributed by atoms with Crippen LogP contribution in [0, 0.1) is 0 Å². The molecule has 0 aliphatic carbocycles. The van der Waals surface area contributed by atoms with Crippen LogP contribution in [0.15, 0.2) is 91.0 Å². The van der Waals surface area contributed by atoms with E-state index in [1.54, 1.807) is 0 Å². The number of rotatable bonds is 9. The van der Waals surface area contributed by atoms with E-state index in [-0.39, 0.29) is 5.54 Å². The Morgan fingerprint density at radius 2 is 1.07 bits per heavy atom. The van der Waals surface area contributed by atoms with Crippen molar-refractivity contribution < 1.29 is 0 Å². The Bertz CT molecular complexity index is 688. The van der Waals surface area contributed by atoms with Crippen molar-refractivity contribution in [3.8, 4) is 0 Å².